The van der Waals surface area contributed by atoms with Crippen LogP contribution < -0.4 is 0 Å². The van der Waals surface area contributed by atoms with Gasteiger partial charge in [0, 0.05) is 65.4 Å². The standard InChI is InChI=1S/C20H28O6.2C13H22O6.C12H20O5.2C10H12O3.C9H16O7.3CHF3O3S.CH4O.Bi/c1-13-14(2)19(26-16(4)21)20(25-15(13)3)23-11-10-18(22)24-12-17-8-6-5-7-9-17;2*1-7-8(2)12(19-10(4)14)13(18-9(7)3)17-6-5-11(15)16;1-6-7(2)11(16-9(4)13)12(15-8(6)3)17-10(5)14;2*11-7-6-10(12)13-8-9-4-2-1-3-5-9;1-4-6(12)7(13)8(14)9(16-4)15-3-2-5(10)11;3*2-1(3,4)8(5,6)7;1-2;/h5-9,13-15,19-20H,10-12H2,1-4H3;2*7-9,12-13H,5-6H2,1-4H3,(H,15,16);6-8,11-12H,1-5H3;2*1-5,11H,6-8H2;4,6-9,12-14H,2-3H2,1H3,(H,10,11);3*(H,5,6,7);2H,1H3;/q;;;;;;;;;;;+3/p-3/t13-,14+,15?,19?,20-;2*7-,8+,9?,12?,13-;6-,7+,8?,11?,12?;;;4?,6-,7-,8?,9+;;;;;/m1111..0...../s1. The molecule has 0 radical (unpaired) electrons. The monoisotopic (exact) mass is 2440 g/mol. The molecule has 5 aliphatic rings. The van der Waals surface area contributed by atoms with Crippen molar-refractivity contribution in [1.29, 1.82) is 0 Å². The summed E-state index contributed by atoms with van der Waals surface area (Å²) in [5.74, 6) is -4.73. The van der Waals surface area contributed by atoms with Gasteiger partial charge in [-0.1, -0.05) is 146 Å². The molecule has 0 spiro atoms. The first-order valence-corrected chi connectivity index (χ1v) is 54.3. The van der Waals surface area contributed by atoms with Gasteiger partial charge in [0.25, 0.3) is 0 Å². The maximum absolute atomic E-state index is 12.0. The van der Waals surface area contributed by atoms with Gasteiger partial charge in [-0.3, -0.25) is 52.7 Å². The molecule has 25 atom stereocenters. The predicted octanol–water partition coefficient (Wildman–Crippen LogP) is 8.14. The molecule has 0 aliphatic carbocycles. The molecule has 9 N–H and O–H groups in total. The van der Waals surface area contributed by atoms with Gasteiger partial charge < -0.3 is 126 Å². The van der Waals surface area contributed by atoms with Crippen molar-refractivity contribution >= 4 is 119 Å². The van der Waals surface area contributed by atoms with Gasteiger partial charge in [0.05, 0.1) is 109 Å². The van der Waals surface area contributed by atoms with Crippen LogP contribution in [0.4, 0.5) is 39.5 Å². The number of carbonyl (C=O) groups excluding carboxylic acids is 8. The van der Waals surface area contributed by atoms with Gasteiger partial charge in [-0.15, -0.1) is 0 Å². The van der Waals surface area contributed by atoms with E-state index < -0.39 is 192 Å². The number of aliphatic hydroxyl groups excluding tert-OH is 6. The summed E-state index contributed by atoms with van der Waals surface area (Å²) >= 11 is -7.11. The minimum atomic E-state index is -7.11. The molecule has 5 heterocycles. The fourth-order valence-corrected chi connectivity index (χ4v) is 25.0. The molecule has 8 rings (SSSR count). The minimum absolute atomic E-state index is 0.0214. The van der Waals surface area contributed by atoms with Crippen molar-refractivity contribution in [1.82, 2.24) is 0 Å². The van der Waals surface area contributed by atoms with Crippen LogP contribution in [0.5, 0.6) is 0 Å². The summed E-state index contributed by atoms with van der Waals surface area (Å²) in [5, 5.41) is 77.7. The van der Waals surface area contributed by atoms with E-state index in [0.717, 1.165) is 23.8 Å². The number of benzene rings is 3. The summed E-state index contributed by atoms with van der Waals surface area (Å²) in [6.07, 6.45) is -11.0. The summed E-state index contributed by atoms with van der Waals surface area (Å²) in [7, 11) is -20.2. The average molecular weight is 2440 g/mol. The number of aliphatic hydroxyl groups is 6. The van der Waals surface area contributed by atoms with Gasteiger partial charge in [-0.05, 0) is 75.0 Å². The molecule has 11 unspecified atom stereocenters. The Hall–Kier alpha value is -8.79. The summed E-state index contributed by atoms with van der Waals surface area (Å²) in [6.45, 7) is 32.6. The van der Waals surface area contributed by atoms with Crippen LogP contribution in [0.3, 0.4) is 0 Å². The Labute approximate surface area is 871 Å². The summed E-state index contributed by atoms with van der Waals surface area (Å²) in [6, 6.07) is 28.4. The van der Waals surface area contributed by atoms with Crippen LogP contribution in [0.15, 0.2) is 91.0 Å². The van der Waals surface area contributed by atoms with E-state index in [1.165, 1.54) is 41.5 Å². The molecule has 862 valence electrons. The predicted molar refractivity (Wildman–Crippen MR) is 496 cm³/mol. The van der Waals surface area contributed by atoms with Gasteiger partial charge in [0.2, 0.25) is 6.29 Å². The zero-order valence-electron chi connectivity index (χ0n) is 85.4. The number of hydrogen-bond donors (Lipinski definition) is 9. The topological polar surface area (TPSA) is 657 Å². The zero-order valence-corrected chi connectivity index (χ0v) is 91.3. The van der Waals surface area contributed by atoms with E-state index in [2.05, 4.69) is 13.7 Å². The second kappa shape index (κ2) is 69.9. The van der Waals surface area contributed by atoms with E-state index in [-0.39, 0.29) is 194 Å². The van der Waals surface area contributed by atoms with Crippen molar-refractivity contribution in [3.8, 4) is 0 Å². The van der Waals surface area contributed by atoms with E-state index >= 15 is 0 Å². The van der Waals surface area contributed by atoms with E-state index in [1.807, 2.05) is 167 Å². The molecule has 3 aromatic rings. The van der Waals surface area contributed by atoms with Crippen LogP contribution in [-0.2, 0) is 190 Å². The third kappa shape index (κ3) is 53.9. The molecule has 0 saturated carbocycles. The number of alkyl halides is 9. The van der Waals surface area contributed by atoms with E-state index in [1.54, 1.807) is 0 Å². The van der Waals surface area contributed by atoms with Crippen molar-refractivity contribution in [2.75, 3.05) is 46.8 Å². The quantitative estimate of drug-likeness (QED) is 0.00864. The molecule has 3 aromatic carbocycles. The van der Waals surface area contributed by atoms with E-state index in [4.69, 9.17) is 111 Å². The Morgan fingerprint density at radius 1 is 0.307 bits per heavy atom. The molecule has 5 aliphatic heterocycles. The maximum atomic E-state index is 12.0. The number of aliphatic carboxylic acids is 3. The third-order valence-corrected chi connectivity index (χ3v) is 36.0. The number of carboxylic acids is 3. The number of ether oxygens (including phenoxy) is 17. The van der Waals surface area contributed by atoms with Crippen LogP contribution in [-0.4, -0.2) is 328 Å². The zero-order chi connectivity index (χ0) is 115. The second-order valence-corrected chi connectivity index (χ2v) is 45.0. The van der Waals surface area contributed by atoms with E-state index in [0.29, 0.717) is 0 Å². The Morgan fingerprint density at radius 2 is 0.527 bits per heavy atom. The summed E-state index contributed by atoms with van der Waals surface area (Å²) in [5.41, 5.74) is -16.6. The van der Waals surface area contributed by atoms with Crippen molar-refractivity contribution < 1.29 is 251 Å². The molecular weight excluding hydrogens is 2310 g/mol. The number of rotatable bonds is 37. The normalized spacial score (nSPS) is 26.5. The first kappa shape index (κ1) is 141. The molecule has 0 amide bonds. The first-order chi connectivity index (χ1) is 69.5. The van der Waals surface area contributed by atoms with Crippen LogP contribution in [0.1, 0.15) is 180 Å². The number of halogens is 9. The van der Waals surface area contributed by atoms with Gasteiger partial charge >= 0.3 is 207 Å². The Balaban J connectivity index is 0.00000170. The van der Waals surface area contributed by atoms with Crippen molar-refractivity contribution in [3.05, 3.63) is 108 Å². The van der Waals surface area contributed by atoms with Crippen molar-refractivity contribution in [3.63, 3.8) is 0 Å². The second-order valence-electron chi connectivity index (χ2n) is 33.5. The SMILES string of the molecule is CC(=O)OC1OC(C)[C@H](C)[C@H](C)C1OC(C)=O.CC(=O)OC1[C@H](OCCC(=O)O)OC(C)[C@H](C)[C@@H]1C.CC(=O)OC1[C@H](OCCC(=O)O)OC(C)[C@H](C)[C@@H]1C.CC(=O)OC1[C@H](OCCC(=O)OCc2ccccc2)OC(C)[C@H](C)[C@@H]1C.CC1O[C@@H](OCCC(=O)O)C(O)[C@@H](O)[C@H]1O.CO.O=C(CCO)OCc1ccccc1.O=C(CCO)OCc1ccccc1.O=S(=O)([O][Bi]([O]S(=O)(=O)C(F)(F)F)[O]S(=O)(=O)C(F)(F)F)C(F)(F)F. The van der Waals surface area contributed by atoms with Crippen LogP contribution >= 0.6 is 0 Å². The number of carboxylic acid groups (broad SMARTS) is 3. The average Bonchev–Trinajstić information content (AvgIpc) is 0.779. The molecular formula is C91H136BiF9O46S3. The molecule has 150 heavy (non-hydrogen) atoms. The number of hydrogen-bond acceptors (Lipinski definition) is 43. The van der Waals surface area contributed by atoms with Gasteiger partial charge in [-0.2, -0.15) is 0 Å². The number of esters is 8. The fraction of sp³-hybridized carbons (Fsp3) is 0.681. The Kier molecular flexibility index (Phi) is 65.8. The summed E-state index contributed by atoms with van der Waals surface area (Å²) < 4.78 is 270. The third-order valence-electron chi connectivity index (χ3n) is 22.2. The van der Waals surface area contributed by atoms with Crippen LogP contribution in [0.2, 0.25) is 0 Å². The van der Waals surface area contributed by atoms with Crippen molar-refractivity contribution in [2.24, 2.45) is 47.3 Å². The molecule has 5 saturated heterocycles. The molecule has 46 nitrogen and oxygen atoms in total. The number of carbonyl (C=O) groups is 11. The van der Waals surface area contributed by atoms with Gasteiger partial charge in [0.15, 0.2) is 49.6 Å². The fourth-order valence-electron chi connectivity index (χ4n) is 12.8. The molecule has 5 fully saturated rings. The molecule has 59 heteroatoms. The van der Waals surface area contributed by atoms with E-state index in [9.17, 15) is 133 Å². The summed E-state index contributed by atoms with van der Waals surface area (Å²) in [4.78, 5) is 120. The van der Waals surface area contributed by atoms with Crippen LogP contribution in [0, 0.1) is 47.3 Å². The van der Waals surface area contributed by atoms with Crippen LogP contribution in [0.25, 0.3) is 0 Å². The van der Waals surface area contributed by atoms with Gasteiger partial charge in [0.1, 0.15) is 38.1 Å². The van der Waals surface area contributed by atoms with Crippen molar-refractivity contribution in [2.45, 2.75) is 304 Å². The Morgan fingerprint density at radius 3 is 0.760 bits per heavy atom. The first-order valence-electron chi connectivity index (χ1n) is 45.8. The molecule has 0 bridgehead atoms. The molecule has 0 aromatic heterocycles. The van der Waals surface area contributed by atoms with Gasteiger partial charge in [-0.25, -0.2) is 0 Å². The Bertz CT molecular complexity index is 4640.